The summed E-state index contributed by atoms with van der Waals surface area (Å²) in [6.45, 7) is 4.68. The number of aliphatic imine (C=N–C) groups is 1. The minimum absolute atomic E-state index is 0.308. The Morgan fingerprint density at radius 3 is 2.59 bits per heavy atom. The second-order valence-electron chi connectivity index (χ2n) is 5.23. The van der Waals surface area contributed by atoms with E-state index >= 15 is 0 Å². The molecule has 2 aromatic rings. The van der Waals surface area contributed by atoms with Gasteiger partial charge in [0.25, 0.3) is 0 Å². The van der Waals surface area contributed by atoms with Gasteiger partial charge < -0.3 is 11.1 Å². The van der Waals surface area contributed by atoms with Crippen LogP contribution < -0.4 is 11.1 Å². The van der Waals surface area contributed by atoms with E-state index in [2.05, 4.69) is 41.3 Å². The van der Waals surface area contributed by atoms with Crippen LogP contribution in [0.2, 0.25) is 0 Å². The highest BCUT2D eigenvalue weighted by molar-refractivity contribution is 5.92. The van der Waals surface area contributed by atoms with Gasteiger partial charge in [-0.15, -0.1) is 0 Å². The van der Waals surface area contributed by atoms with Crippen LogP contribution in [0.25, 0.3) is 0 Å². The number of pyridine rings is 1. The smallest absolute Gasteiger partial charge is 0.193 e. The Kier molecular flexibility index (Phi) is 5.47. The molecule has 0 bridgehead atoms. The van der Waals surface area contributed by atoms with Crippen molar-refractivity contribution in [1.82, 2.24) is 4.98 Å². The fourth-order valence-electron chi connectivity index (χ4n) is 1.98. The average molecular weight is 300 g/mol. The van der Waals surface area contributed by atoms with E-state index in [0.717, 1.165) is 12.1 Å². The Labute approximate surface area is 130 Å². The Morgan fingerprint density at radius 2 is 2.00 bits per heavy atom. The molecule has 0 spiro atoms. The molecule has 1 unspecified atom stereocenters. The SMILES string of the molecule is CCC(C)c1ccc(NC(N)=NCc2ccc(F)cn2)cc1. The molecule has 0 radical (unpaired) electrons. The molecule has 1 aromatic heterocycles. The summed E-state index contributed by atoms with van der Waals surface area (Å²) in [5.41, 5.74) is 8.70. The number of hydrogen-bond acceptors (Lipinski definition) is 2. The van der Waals surface area contributed by atoms with Gasteiger partial charge in [-0.05, 0) is 42.2 Å². The van der Waals surface area contributed by atoms with E-state index < -0.39 is 0 Å². The van der Waals surface area contributed by atoms with E-state index in [0.29, 0.717) is 24.1 Å². The molecule has 0 saturated carbocycles. The molecule has 5 heteroatoms. The van der Waals surface area contributed by atoms with Crippen molar-refractivity contribution in [2.75, 3.05) is 5.32 Å². The molecule has 0 fully saturated rings. The lowest BCUT2D eigenvalue weighted by Gasteiger charge is -2.10. The van der Waals surface area contributed by atoms with E-state index in [1.165, 1.54) is 17.8 Å². The number of aromatic nitrogens is 1. The molecule has 0 aliphatic rings. The van der Waals surface area contributed by atoms with Crippen LogP contribution in [0.3, 0.4) is 0 Å². The third kappa shape index (κ3) is 4.55. The molecule has 1 heterocycles. The zero-order valence-corrected chi connectivity index (χ0v) is 12.9. The van der Waals surface area contributed by atoms with E-state index in [1.54, 1.807) is 6.07 Å². The molecule has 1 atom stereocenters. The summed E-state index contributed by atoms with van der Waals surface area (Å²) in [7, 11) is 0. The minimum Gasteiger partial charge on any atom is -0.370 e. The Morgan fingerprint density at radius 1 is 1.27 bits per heavy atom. The molecule has 22 heavy (non-hydrogen) atoms. The van der Waals surface area contributed by atoms with Crippen molar-refractivity contribution in [2.24, 2.45) is 10.7 Å². The number of nitrogens with zero attached hydrogens (tertiary/aromatic N) is 2. The predicted octanol–water partition coefficient (Wildman–Crippen LogP) is 3.66. The lowest BCUT2D eigenvalue weighted by molar-refractivity contribution is 0.619. The predicted molar refractivity (Wildman–Crippen MR) is 88.3 cm³/mol. The fourth-order valence-corrected chi connectivity index (χ4v) is 1.98. The number of guanidine groups is 1. The number of anilines is 1. The molecular formula is C17H21FN4. The molecule has 0 amide bonds. The monoisotopic (exact) mass is 300 g/mol. The van der Waals surface area contributed by atoms with Gasteiger partial charge in [-0.3, -0.25) is 4.98 Å². The summed E-state index contributed by atoms with van der Waals surface area (Å²) in [6.07, 6.45) is 2.28. The van der Waals surface area contributed by atoms with Crippen molar-refractivity contribution in [3.05, 3.63) is 59.7 Å². The molecule has 0 aliphatic heterocycles. The van der Waals surface area contributed by atoms with Crippen molar-refractivity contribution in [1.29, 1.82) is 0 Å². The van der Waals surface area contributed by atoms with Crippen LogP contribution in [-0.4, -0.2) is 10.9 Å². The number of nitrogens with one attached hydrogen (secondary N) is 1. The Balaban J connectivity index is 1.94. The van der Waals surface area contributed by atoms with Gasteiger partial charge in [-0.1, -0.05) is 26.0 Å². The van der Waals surface area contributed by atoms with Gasteiger partial charge >= 0.3 is 0 Å². The first-order valence-electron chi connectivity index (χ1n) is 7.35. The summed E-state index contributed by atoms with van der Waals surface area (Å²) in [5, 5.41) is 3.03. The molecule has 1 aromatic carbocycles. The summed E-state index contributed by atoms with van der Waals surface area (Å²) in [5.74, 6) is 0.493. The maximum absolute atomic E-state index is 12.8. The van der Waals surface area contributed by atoms with Gasteiger partial charge in [-0.25, -0.2) is 9.38 Å². The van der Waals surface area contributed by atoms with E-state index in [9.17, 15) is 4.39 Å². The van der Waals surface area contributed by atoms with Gasteiger partial charge in [0.1, 0.15) is 5.82 Å². The molecule has 2 rings (SSSR count). The second-order valence-corrected chi connectivity index (χ2v) is 5.23. The third-order valence-electron chi connectivity index (χ3n) is 3.56. The normalized spacial score (nSPS) is 13.0. The van der Waals surface area contributed by atoms with Crippen molar-refractivity contribution in [3.8, 4) is 0 Å². The summed E-state index contributed by atoms with van der Waals surface area (Å²) in [4.78, 5) is 8.12. The van der Waals surface area contributed by atoms with Gasteiger partial charge in [0.2, 0.25) is 0 Å². The number of hydrogen-bond donors (Lipinski definition) is 2. The first-order chi connectivity index (χ1) is 10.6. The highest BCUT2D eigenvalue weighted by Gasteiger charge is 2.03. The molecule has 116 valence electrons. The number of benzene rings is 1. The Bertz CT molecular complexity index is 620. The largest absolute Gasteiger partial charge is 0.370 e. The van der Waals surface area contributed by atoms with Crippen molar-refractivity contribution >= 4 is 11.6 Å². The fraction of sp³-hybridized carbons (Fsp3) is 0.294. The summed E-state index contributed by atoms with van der Waals surface area (Å²) >= 11 is 0. The quantitative estimate of drug-likeness (QED) is 0.654. The van der Waals surface area contributed by atoms with Gasteiger partial charge in [0.05, 0.1) is 18.4 Å². The number of halogens is 1. The lowest BCUT2D eigenvalue weighted by Crippen LogP contribution is -2.22. The molecule has 0 aliphatic carbocycles. The maximum atomic E-state index is 12.8. The Hall–Kier alpha value is -2.43. The van der Waals surface area contributed by atoms with Crippen LogP contribution in [0, 0.1) is 5.82 Å². The van der Waals surface area contributed by atoms with Gasteiger partial charge in [0, 0.05) is 5.69 Å². The van der Waals surface area contributed by atoms with E-state index in [-0.39, 0.29) is 5.82 Å². The van der Waals surface area contributed by atoms with Crippen molar-refractivity contribution < 1.29 is 4.39 Å². The molecule has 4 nitrogen and oxygen atoms in total. The number of rotatable bonds is 5. The van der Waals surface area contributed by atoms with Crippen molar-refractivity contribution in [2.45, 2.75) is 32.7 Å². The van der Waals surface area contributed by atoms with E-state index in [4.69, 9.17) is 5.73 Å². The van der Waals surface area contributed by atoms with Gasteiger partial charge in [-0.2, -0.15) is 0 Å². The molecule has 3 N–H and O–H groups in total. The summed E-state index contributed by atoms with van der Waals surface area (Å²) in [6, 6.07) is 11.1. The minimum atomic E-state index is -0.361. The standard InChI is InChI=1S/C17H21FN4/c1-3-12(2)13-4-7-15(8-5-13)22-17(19)21-11-16-9-6-14(18)10-20-16/h4-10,12H,3,11H2,1-2H3,(H3,19,21,22). The first-order valence-corrected chi connectivity index (χ1v) is 7.35. The topological polar surface area (TPSA) is 63.3 Å². The lowest BCUT2D eigenvalue weighted by atomic mass is 9.99. The highest BCUT2D eigenvalue weighted by atomic mass is 19.1. The average Bonchev–Trinajstić information content (AvgIpc) is 2.54. The van der Waals surface area contributed by atoms with E-state index in [1.807, 2.05) is 12.1 Å². The molecular weight excluding hydrogens is 279 g/mol. The van der Waals surface area contributed by atoms with Crippen LogP contribution in [0.15, 0.2) is 47.6 Å². The highest BCUT2D eigenvalue weighted by Crippen LogP contribution is 2.20. The van der Waals surface area contributed by atoms with Crippen molar-refractivity contribution in [3.63, 3.8) is 0 Å². The van der Waals surface area contributed by atoms with Crippen LogP contribution in [0.4, 0.5) is 10.1 Å². The second kappa shape index (κ2) is 7.54. The first kappa shape index (κ1) is 15.9. The molecule has 0 saturated heterocycles. The van der Waals surface area contributed by atoms with Gasteiger partial charge in [0.15, 0.2) is 5.96 Å². The number of nitrogens with two attached hydrogens (primary N) is 1. The van der Waals surface area contributed by atoms with Crippen LogP contribution in [0.5, 0.6) is 0 Å². The zero-order valence-electron chi connectivity index (χ0n) is 12.9. The van der Waals surface area contributed by atoms with Crippen LogP contribution >= 0.6 is 0 Å². The third-order valence-corrected chi connectivity index (χ3v) is 3.56. The van der Waals surface area contributed by atoms with Crippen LogP contribution in [0.1, 0.15) is 37.4 Å². The maximum Gasteiger partial charge on any atom is 0.193 e. The summed E-state index contributed by atoms with van der Waals surface area (Å²) < 4.78 is 12.8. The zero-order chi connectivity index (χ0) is 15.9. The van der Waals surface area contributed by atoms with Crippen LogP contribution in [-0.2, 0) is 6.54 Å².